The van der Waals surface area contributed by atoms with Gasteiger partial charge in [-0.2, -0.15) is 0 Å². The van der Waals surface area contributed by atoms with E-state index in [0.29, 0.717) is 10.6 Å². The van der Waals surface area contributed by atoms with E-state index >= 15 is 0 Å². The van der Waals surface area contributed by atoms with Crippen LogP contribution in [0.15, 0.2) is 12.3 Å². The van der Waals surface area contributed by atoms with Crippen LogP contribution in [0.5, 0.6) is 0 Å². The molecule has 0 radical (unpaired) electrons. The maximum absolute atomic E-state index is 12.1. The van der Waals surface area contributed by atoms with E-state index in [0.717, 1.165) is 18.5 Å². The van der Waals surface area contributed by atoms with Crippen molar-refractivity contribution in [2.24, 2.45) is 0 Å². The third kappa shape index (κ3) is 3.45. The fourth-order valence-electron chi connectivity index (χ4n) is 2.38. The van der Waals surface area contributed by atoms with Gasteiger partial charge in [-0.1, -0.05) is 37.3 Å². The highest BCUT2D eigenvalue weighted by molar-refractivity contribution is 6.33. The lowest BCUT2D eigenvalue weighted by atomic mass is 10.1. The second kappa shape index (κ2) is 6.19. The molecule has 1 aromatic heterocycles. The molecule has 0 saturated heterocycles. The van der Waals surface area contributed by atoms with Crippen molar-refractivity contribution in [3.8, 4) is 0 Å². The average molecular weight is 267 g/mol. The molecule has 4 heteroatoms. The normalized spacial score (nSPS) is 17.2. The van der Waals surface area contributed by atoms with Crippen molar-refractivity contribution >= 4 is 17.5 Å². The lowest BCUT2D eigenvalue weighted by molar-refractivity contribution is 0.0933. The van der Waals surface area contributed by atoms with Gasteiger partial charge in [0.05, 0.1) is 10.6 Å². The third-order valence-electron chi connectivity index (χ3n) is 3.43. The highest BCUT2D eigenvalue weighted by Crippen LogP contribution is 2.19. The molecular weight excluding hydrogens is 248 g/mol. The highest BCUT2D eigenvalue weighted by atomic mass is 35.5. The Bertz CT molecular complexity index is 426. The number of nitrogens with one attached hydrogen (secondary N) is 1. The molecule has 98 valence electrons. The molecule has 0 aromatic carbocycles. The van der Waals surface area contributed by atoms with Crippen molar-refractivity contribution in [2.45, 2.75) is 51.5 Å². The van der Waals surface area contributed by atoms with Gasteiger partial charge in [0.15, 0.2) is 0 Å². The van der Waals surface area contributed by atoms with E-state index in [2.05, 4.69) is 10.3 Å². The molecule has 0 aliphatic heterocycles. The van der Waals surface area contributed by atoms with Crippen LogP contribution in [0.4, 0.5) is 0 Å². The van der Waals surface area contributed by atoms with Gasteiger partial charge in [-0.15, -0.1) is 0 Å². The van der Waals surface area contributed by atoms with Crippen molar-refractivity contribution < 1.29 is 4.79 Å². The molecule has 1 N–H and O–H groups in total. The summed E-state index contributed by atoms with van der Waals surface area (Å²) in [7, 11) is 0. The number of aryl methyl sites for hydroxylation is 1. The Kier molecular flexibility index (Phi) is 4.59. The van der Waals surface area contributed by atoms with Gasteiger partial charge in [0.1, 0.15) is 0 Å². The minimum Gasteiger partial charge on any atom is -0.349 e. The number of nitrogens with zero attached hydrogens (tertiary/aromatic N) is 1. The summed E-state index contributed by atoms with van der Waals surface area (Å²) >= 11 is 6.07. The van der Waals surface area contributed by atoms with Crippen LogP contribution >= 0.6 is 11.6 Å². The van der Waals surface area contributed by atoms with Crippen LogP contribution in [0.2, 0.25) is 5.02 Å². The second-order valence-electron chi connectivity index (χ2n) is 4.97. The van der Waals surface area contributed by atoms with Crippen LogP contribution < -0.4 is 5.32 Å². The van der Waals surface area contributed by atoms with Crippen LogP contribution in [0.1, 0.15) is 54.6 Å². The smallest absolute Gasteiger partial charge is 0.254 e. The number of hydrogen-bond acceptors (Lipinski definition) is 2. The number of hydrogen-bond donors (Lipinski definition) is 1. The molecule has 0 atom stereocenters. The molecule has 0 spiro atoms. The minimum atomic E-state index is -0.0978. The standard InChI is InChI=1S/C14H19ClN2O/c1-10-8-13(15)12(9-16-10)14(18)17-11-6-4-2-3-5-7-11/h8-9,11H,2-7H2,1H3,(H,17,18). The monoisotopic (exact) mass is 266 g/mol. The topological polar surface area (TPSA) is 42.0 Å². The summed E-state index contributed by atoms with van der Waals surface area (Å²) in [5, 5.41) is 3.55. The Morgan fingerprint density at radius 3 is 2.61 bits per heavy atom. The first-order valence-electron chi connectivity index (χ1n) is 6.60. The second-order valence-corrected chi connectivity index (χ2v) is 5.37. The van der Waals surface area contributed by atoms with Crippen LogP contribution in [-0.4, -0.2) is 16.9 Å². The zero-order valence-corrected chi connectivity index (χ0v) is 11.5. The minimum absolute atomic E-state index is 0.0978. The number of rotatable bonds is 2. The summed E-state index contributed by atoms with van der Waals surface area (Å²) in [6.07, 6.45) is 8.66. The number of pyridine rings is 1. The van der Waals surface area contributed by atoms with Gasteiger partial charge < -0.3 is 5.32 Å². The van der Waals surface area contributed by atoms with E-state index in [-0.39, 0.29) is 11.9 Å². The van der Waals surface area contributed by atoms with Crippen LogP contribution in [0.3, 0.4) is 0 Å². The zero-order chi connectivity index (χ0) is 13.0. The van der Waals surface area contributed by atoms with Gasteiger partial charge in [0.2, 0.25) is 0 Å². The van der Waals surface area contributed by atoms with Crippen molar-refractivity contribution in [3.63, 3.8) is 0 Å². The summed E-state index contributed by atoms with van der Waals surface area (Å²) in [6, 6.07) is 2.01. The molecule has 1 aromatic rings. The predicted octanol–water partition coefficient (Wildman–Crippen LogP) is 3.50. The fourth-order valence-corrected chi connectivity index (χ4v) is 2.67. The molecule has 1 saturated carbocycles. The predicted molar refractivity (Wildman–Crippen MR) is 72.9 cm³/mol. The van der Waals surface area contributed by atoms with Gasteiger partial charge >= 0.3 is 0 Å². The van der Waals surface area contributed by atoms with Crippen molar-refractivity contribution in [3.05, 3.63) is 28.5 Å². The van der Waals surface area contributed by atoms with Crippen LogP contribution in [0.25, 0.3) is 0 Å². The summed E-state index contributed by atoms with van der Waals surface area (Å²) in [6.45, 7) is 1.86. The number of amides is 1. The molecule has 18 heavy (non-hydrogen) atoms. The van der Waals surface area contributed by atoms with E-state index < -0.39 is 0 Å². The molecule has 3 nitrogen and oxygen atoms in total. The van der Waals surface area contributed by atoms with E-state index in [1.807, 2.05) is 6.92 Å². The molecule has 0 unspecified atom stereocenters. The Labute approximate surface area is 113 Å². The Hall–Kier alpha value is -1.09. The summed E-state index contributed by atoms with van der Waals surface area (Å²) in [4.78, 5) is 16.2. The lowest BCUT2D eigenvalue weighted by Crippen LogP contribution is -2.34. The van der Waals surface area contributed by atoms with Gasteiger partial charge in [0, 0.05) is 17.9 Å². The van der Waals surface area contributed by atoms with Crippen molar-refractivity contribution in [1.29, 1.82) is 0 Å². The Balaban J connectivity index is 2.02. The SMILES string of the molecule is Cc1cc(Cl)c(C(=O)NC2CCCCCC2)cn1. The van der Waals surface area contributed by atoms with E-state index in [1.165, 1.54) is 25.7 Å². The van der Waals surface area contributed by atoms with Gasteiger partial charge in [-0.05, 0) is 25.8 Å². The Morgan fingerprint density at radius 2 is 2.00 bits per heavy atom. The molecule has 1 heterocycles. The molecule has 0 bridgehead atoms. The Morgan fingerprint density at radius 1 is 1.33 bits per heavy atom. The molecule has 1 aliphatic carbocycles. The van der Waals surface area contributed by atoms with Gasteiger partial charge in [-0.3, -0.25) is 9.78 Å². The highest BCUT2D eigenvalue weighted by Gasteiger charge is 2.17. The lowest BCUT2D eigenvalue weighted by Gasteiger charge is -2.16. The van der Waals surface area contributed by atoms with E-state index in [4.69, 9.17) is 11.6 Å². The summed E-state index contributed by atoms with van der Waals surface area (Å²) in [5.41, 5.74) is 1.30. The zero-order valence-electron chi connectivity index (χ0n) is 10.7. The maximum Gasteiger partial charge on any atom is 0.254 e. The van der Waals surface area contributed by atoms with E-state index in [9.17, 15) is 4.79 Å². The maximum atomic E-state index is 12.1. The molecule has 1 fully saturated rings. The van der Waals surface area contributed by atoms with Gasteiger partial charge in [-0.25, -0.2) is 0 Å². The third-order valence-corrected chi connectivity index (χ3v) is 3.74. The van der Waals surface area contributed by atoms with Gasteiger partial charge in [0.25, 0.3) is 5.91 Å². The number of halogens is 1. The first-order valence-corrected chi connectivity index (χ1v) is 6.97. The largest absolute Gasteiger partial charge is 0.349 e. The molecular formula is C14H19ClN2O. The number of carbonyl (C=O) groups excluding carboxylic acids is 1. The van der Waals surface area contributed by atoms with Crippen molar-refractivity contribution in [2.75, 3.05) is 0 Å². The summed E-state index contributed by atoms with van der Waals surface area (Å²) < 4.78 is 0. The first-order chi connectivity index (χ1) is 8.66. The molecule has 1 amide bonds. The fraction of sp³-hybridized carbons (Fsp3) is 0.571. The quantitative estimate of drug-likeness (QED) is 0.833. The van der Waals surface area contributed by atoms with Crippen LogP contribution in [0, 0.1) is 6.92 Å². The number of carbonyl (C=O) groups is 1. The van der Waals surface area contributed by atoms with Crippen molar-refractivity contribution in [1.82, 2.24) is 10.3 Å². The average Bonchev–Trinajstić information content (AvgIpc) is 2.57. The van der Waals surface area contributed by atoms with Crippen LogP contribution in [-0.2, 0) is 0 Å². The first kappa shape index (κ1) is 13.3. The van der Waals surface area contributed by atoms with E-state index in [1.54, 1.807) is 12.3 Å². The summed E-state index contributed by atoms with van der Waals surface area (Å²) in [5.74, 6) is -0.0978. The number of aromatic nitrogens is 1. The molecule has 1 aliphatic rings. The molecule has 2 rings (SSSR count).